The number of hydrogen-bond donors (Lipinski definition) is 0. The smallest absolute Gasteiger partial charge is 0.159 e. The maximum atomic E-state index is 11.8. The molecule has 19 heavy (non-hydrogen) atoms. The van der Waals surface area contributed by atoms with Crippen LogP contribution >= 0.6 is 0 Å². The average molecular weight is 254 g/mol. The Labute approximate surface area is 116 Å². The molecule has 3 atom stereocenters. The highest BCUT2D eigenvalue weighted by molar-refractivity contribution is 5.96. The number of carbonyl (C=O) groups is 1. The van der Waals surface area contributed by atoms with Gasteiger partial charge in [0.05, 0.1) is 0 Å². The third-order valence-electron chi connectivity index (χ3n) is 4.19. The van der Waals surface area contributed by atoms with Crippen molar-refractivity contribution in [2.75, 3.05) is 0 Å². The molecule has 0 heterocycles. The molecular formula is C18H22O. The van der Waals surface area contributed by atoms with Crippen molar-refractivity contribution in [2.24, 2.45) is 17.8 Å². The largest absolute Gasteiger partial charge is 0.295 e. The van der Waals surface area contributed by atoms with Gasteiger partial charge in [-0.3, -0.25) is 4.79 Å². The van der Waals surface area contributed by atoms with Crippen molar-refractivity contribution < 1.29 is 4.79 Å². The molecule has 0 radical (unpaired) electrons. The second-order valence-corrected chi connectivity index (χ2v) is 5.38. The Kier molecular flexibility index (Phi) is 4.36. The van der Waals surface area contributed by atoms with Crippen LogP contribution in [0.1, 0.15) is 27.2 Å². The van der Waals surface area contributed by atoms with Crippen LogP contribution in [0.15, 0.2) is 59.8 Å². The van der Waals surface area contributed by atoms with E-state index in [1.165, 1.54) is 5.57 Å². The minimum absolute atomic E-state index is 0.302. The zero-order valence-electron chi connectivity index (χ0n) is 12.0. The molecule has 1 nitrogen and oxygen atoms in total. The lowest BCUT2D eigenvalue weighted by atomic mass is 9.57. The van der Waals surface area contributed by atoms with Gasteiger partial charge in [-0.2, -0.15) is 0 Å². The molecule has 100 valence electrons. The fourth-order valence-electron chi connectivity index (χ4n) is 2.91. The summed E-state index contributed by atoms with van der Waals surface area (Å²) in [6.07, 6.45) is 17.3. The first-order chi connectivity index (χ1) is 9.17. The van der Waals surface area contributed by atoms with Crippen LogP contribution < -0.4 is 0 Å². The number of hydrogen-bond acceptors (Lipinski definition) is 1. The molecule has 0 N–H and O–H groups in total. The summed E-state index contributed by atoms with van der Waals surface area (Å²) in [7, 11) is 0. The normalized spacial score (nSPS) is 31.3. The molecule has 0 amide bonds. The molecule has 1 unspecified atom stereocenters. The van der Waals surface area contributed by atoms with Crippen molar-refractivity contribution >= 4 is 5.78 Å². The van der Waals surface area contributed by atoms with Gasteiger partial charge < -0.3 is 0 Å². The number of carbonyl (C=O) groups excluding carboxylic acids is 1. The molecule has 3 aliphatic rings. The second kappa shape index (κ2) is 6.01. The van der Waals surface area contributed by atoms with Gasteiger partial charge in [0.25, 0.3) is 0 Å². The van der Waals surface area contributed by atoms with Crippen molar-refractivity contribution in [3.63, 3.8) is 0 Å². The molecule has 0 aromatic carbocycles. The van der Waals surface area contributed by atoms with Crippen LogP contribution in [0, 0.1) is 17.8 Å². The Morgan fingerprint density at radius 1 is 1.21 bits per heavy atom. The van der Waals surface area contributed by atoms with Gasteiger partial charge >= 0.3 is 0 Å². The molecule has 0 aliphatic heterocycles. The fraction of sp³-hybridized carbons (Fsp3) is 0.389. The van der Waals surface area contributed by atoms with E-state index in [0.29, 0.717) is 23.5 Å². The molecular weight excluding hydrogens is 232 g/mol. The van der Waals surface area contributed by atoms with E-state index < -0.39 is 0 Å². The number of fused-ring (bicyclic) bond motifs is 1. The summed E-state index contributed by atoms with van der Waals surface area (Å²) in [5.74, 6) is 1.74. The van der Waals surface area contributed by atoms with Crippen LogP contribution in [0.4, 0.5) is 0 Å². The zero-order valence-corrected chi connectivity index (χ0v) is 12.0. The van der Waals surface area contributed by atoms with Crippen molar-refractivity contribution in [1.29, 1.82) is 0 Å². The lowest BCUT2D eigenvalue weighted by Crippen LogP contribution is -2.43. The first-order valence-electron chi connectivity index (χ1n) is 7.06. The predicted molar refractivity (Wildman–Crippen MR) is 80.7 cm³/mol. The molecule has 0 aromatic rings. The van der Waals surface area contributed by atoms with E-state index in [4.69, 9.17) is 0 Å². The highest BCUT2D eigenvalue weighted by Gasteiger charge is 2.45. The molecule has 1 heteroatoms. The SMILES string of the molecule is C\C=C/C=C(\C=C/C)/C=C/C1=CC(=O)[C@H]2CC1[C@@H]2C. The van der Waals surface area contributed by atoms with Crippen LogP contribution in [0.2, 0.25) is 0 Å². The zero-order chi connectivity index (χ0) is 13.8. The predicted octanol–water partition coefficient (Wildman–Crippen LogP) is 4.40. The average Bonchev–Trinajstić information content (AvgIpc) is 2.40. The number of ketones is 1. The summed E-state index contributed by atoms with van der Waals surface area (Å²) in [4.78, 5) is 11.8. The van der Waals surface area contributed by atoms with Crippen molar-refractivity contribution in [1.82, 2.24) is 0 Å². The van der Waals surface area contributed by atoms with Crippen molar-refractivity contribution in [3.8, 4) is 0 Å². The molecule has 0 spiro atoms. The topological polar surface area (TPSA) is 17.1 Å². The molecule has 2 bridgehead atoms. The Hall–Kier alpha value is -1.63. The van der Waals surface area contributed by atoms with Gasteiger partial charge in [-0.15, -0.1) is 0 Å². The van der Waals surface area contributed by atoms with Gasteiger partial charge in [-0.25, -0.2) is 0 Å². The second-order valence-electron chi connectivity index (χ2n) is 5.38. The van der Waals surface area contributed by atoms with E-state index in [2.05, 4.69) is 31.2 Å². The monoisotopic (exact) mass is 254 g/mol. The Morgan fingerprint density at radius 3 is 2.58 bits per heavy atom. The summed E-state index contributed by atoms with van der Waals surface area (Å²) >= 11 is 0. The molecule has 3 aliphatic carbocycles. The highest BCUT2D eigenvalue weighted by Crippen LogP contribution is 2.49. The minimum atomic E-state index is 0.302. The van der Waals surface area contributed by atoms with Crippen LogP contribution in [0.25, 0.3) is 0 Å². The lowest BCUT2D eigenvalue weighted by molar-refractivity contribution is -0.126. The number of allylic oxidation sites excluding steroid dienone is 10. The Morgan fingerprint density at radius 2 is 2.00 bits per heavy atom. The quantitative estimate of drug-likeness (QED) is 0.679. The maximum absolute atomic E-state index is 11.8. The third kappa shape index (κ3) is 2.86. The molecule has 1 fully saturated rings. The molecule has 3 rings (SSSR count). The summed E-state index contributed by atoms with van der Waals surface area (Å²) in [5, 5.41) is 0. The molecule has 0 saturated heterocycles. The summed E-state index contributed by atoms with van der Waals surface area (Å²) in [6.45, 7) is 6.21. The lowest BCUT2D eigenvalue weighted by Gasteiger charge is -2.45. The van der Waals surface area contributed by atoms with Gasteiger partial charge in [0.15, 0.2) is 5.78 Å². The van der Waals surface area contributed by atoms with E-state index in [0.717, 1.165) is 12.0 Å². The van der Waals surface area contributed by atoms with Crippen LogP contribution in [-0.4, -0.2) is 5.78 Å². The Balaban J connectivity index is 2.15. The van der Waals surface area contributed by atoms with E-state index in [1.54, 1.807) is 0 Å². The van der Waals surface area contributed by atoms with Gasteiger partial charge in [-0.05, 0) is 49.3 Å². The summed E-state index contributed by atoms with van der Waals surface area (Å²) in [5.41, 5.74) is 2.36. The van der Waals surface area contributed by atoms with E-state index in [-0.39, 0.29) is 0 Å². The summed E-state index contributed by atoms with van der Waals surface area (Å²) in [6, 6.07) is 0. The van der Waals surface area contributed by atoms with Gasteiger partial charge in [0.2, 0.25) is 0 Å². The van der Waals surface area contributed by atoms with Crippen molar-refractivity contribution in [3.05, 3.63) is 59.8 Å². The van der Waals surface area contributed by atoms with Crippen LogP contribution in [0.3, 0.4) is 0 Å². The van der Waals surface area contributed by atoms with E-state index >= 15 is 0 Å². The first kappa shape index (κ1) is 13.8. The van der Waals surface area contributed by atoms with Gasteiger partial charge in [0, 0.05) is 5.92 Å². The van der Waals surface area contributed by atoms with Crippen LogP contribution in [0.5, 0.6) is 0 Å². The molecule has 0 aromatic heterocycles. The van der Waals surface area contributed by atoms with Gasteiger partial charge in [0.1, 0.15) is 0 Å². The standard InChI is InChI=1S/C18H22O/c1-4-6-8-14(7-5-2)9-10-15-11-18(19)17-12-16(15)13(17)3/h4-11,13,16-17H,12H2,1-3H3/b6-4-,7-5-,10-9+,14-8+/t13-,16?,17-/m0/s1. The fourth-order valence-corrected chi connectivity index (χ4v) is 2.91. The number of rotatable bonds is 4. The third-order valence-corrected chi connectivity index (χ3v) is 4.19. The highest BCUT2D eigenvalue weighted by atomic mass is 16.1. The summed E-state index contributed by atoms with van der Waals surface area (Å²) < 4.78 is 0. The molecule has 1 saturated carbocycles. The van der Waals surface area contributed by atoms with Crippen LogP contribution in [-0.2, 0) is 4.79 Å². The van der Waals surface area contributed by atoms with E-state index in [9.17, 15) is 4.79 Å². The maximum Gasteiger partial charge on any atom is 0.159 e. The Bertz CT molecular complexity index is 500. The van der Waals surface area contributed by atoms with E-state index in [1.807, 2.05) is 38.2 Å². The van der Waals surface area contributed by atoms with Crippen molar-refractivity contribution in [2.45, 2.75) is 27.2 Å². The van der Waals surface area contributed by atoms with Gasteiger partial charge in [-0.1, -0.05) is 49.5 Å². The first-order valence-corrected chi connectivity index (χ1v) is 7.06. The minimum Gasteiger partial charge on any atom is -0.295 e.